The second-order valence-electron chi connectivity index (χ2n) is 7.01. The first kappa shape index (κ1) is 19.8. The number of carboxylic acid groups (broad SMARTS) is 1. The lowest BCUT2D eigenvalue weighted by molar-refractivity contribution is -0.145. The fraction of sp³-hybridized carbons (Fsp3) is 0.381. The third kappa shape index (κ3) is 5.07. The first-order valence-corrected chi connectivity index (χ1v) is 9.31. The van der Waals surface area contributed by atoms with Crippen molar-refractivity contribution in [2.24, 2.45) is 11.8 Å². The zero-order valence-corrected chi connectivity index (χ0v) is 15.9. The molecule has 0 saturated carbocycles. The van der Waals surface area contributed by atoms with Crippen molar-refractivity contribution in [1.82, 2.24) is 15.2 Å². The van der Waals surface area contributed by atoms with Gasteiger partial charge in [0.15, 0.2) is 0 Å². The lowest BCUT2D eigenvalue weighted by atomic mass is 9.88. The van der Waals surface area contributed by atoms with Gasteiger partial charge in [0.25, 0.3) is 0 Å². The summed E-state index contributed by atoms with van der Waals surface area (Å²) in [7, 11) is 1.61. The minimum absolute atomic E-state index is 0.137. The number of hydrogen-bond donors (Lipinski definition) is 2. The van der Waals surface area contributed by atoms with Crippen molar-refractivity contribution in [3.8, 4) is 5.75 Å². The second-order valence-corrected chi connectivity index (χ2v) is 7.01. The van der Waals surface area contributed by atoms with Crippen LogP contribution in [0.1, 0.15) is 17.7 Å². The number of likely N-dealkylation sites (tertiary alicyclic amines) is 1. The number of piperidine rings is 1. The van der Waals surface area contributed by atoms with Crippen LogP contribution in [0.2, 0.25) is 0 Å². The molecule has 0 unspecified atom stereocenters. The number of hydrogen-bond acceptors (Lipinski definition) is 5. The van der Waals surface area contributed by atoms with Gasteiger partial charge in [-0.25, -0.2) is 0 Å². The summed E-state index contributed by atoms with van der Waals surface area (Å²) in [6, 6.07) is 13.2. The Hall–Kier alpha value is -2.93. The van der Waals surface area contributed by atoms with Gasteiger partial charge in [0.05, 0.1) is 31.2 Å². The van der Waals surface area contributed by atoms with Crippen molar-refractivity contribution in [1.29, 1.82) is 0 Å². The first-order chi connectivity index (χ1) is 13.6. The molecule has 1 fully saturated rings. The van der Waals surface area contributed by atoms with Crippen molar-refractivity contribution < 1.29 is 19.4 Å². The summed E-state index contributed by atoms with van der Waals surface area (Å²) in [4.78, 5) is 30.5. The average molecular weight is 383 g/mol. The highest BCUT2D eigenvalue weighted by molar-refractivity contribution is 5.80. The molecule has 2 heterocycles. The number of carbonyl (C=O) groups is 2. The number of benzene rings is 1. The quantitative estimate of drug-likeness (QED) is 0.759. The summed E-state index contributed by atoms with van der Waals surface area (Å²) in [5, 5.41) is 12.4. The van der Waals surface area contributed by atoms with Crippen LogP contribution in [0, 0.1) is 11.8 Å². The highest BCUT2D eigenvalue weighted by Gasteiger charge is 2.35. The molecule has 1 aromatic heterocycles. The number of methoxy groups -OCH3 is 1. The maximum Gasteiger partial charge on any atom is 0.307 e. The lowest BCUT2D eigenvalue weighted by Crippen LogP contribution is -2.47. The van der Waals surface area contributed by atoms with Crippen molar-refractivity contribution in [2.45, 2.75) is 19.5 Å². The first-order valence-electron chi connectivity index (χ1n) is 9.31. The molecule has 2 N–H and O–H groups in total. The molecule has 1 aliphatic rings. The van der Waals surface area contributed by atoms with Crippen LogP contribution in [0.25, 0.3) is 0 Å². The largest absolute Gasteiger partial charge is 0.496 e. The third-order valence-corrected chi connectivity index (χ3v) is 5.00. The van der Waals surface area contributed by atoms with Gasteiger partial charge in [-0.15, -0.1) is 0 Å². The maximum absolute atomic E-state index is 12.7. The second kappa shape index (κ2) is 9.32. The molecule has 0 radical (unpaired) electrons. The molecule has 2 atom stereocenters. The third-order valence-electron chi connectivity index (χ3n) is 5.00. The fourth-order valence-corrected chi connectivity index (χ4v) is 3.59. The zero-order valence-electron chi connectivity index (χ0n) is 15.9. The molecule has 148 valence electrons. The van der Waals surface area contributed by atoms with E-state index in [1.54, 1.807) is 13.3 Å². The predicted octanol–water partition coefficient (Wildman–Crippen LogP) is 1.93. The van der Waals surface area contributed by atoms with Crippen LogP contribution < -0.4 is 10.1 Å². The van der Waals surface area contributed by atoms with Gasteiger partial charge in [-0.1, -0.05) is 24.3 Å². The summed E-state index contributed by atoms with van der Waals surface area (Å²) in [6.07, 6.45) is 2.02. The van der Waals surface area contributed by atoms with Gasteiger partial charge in [-0.05, 0) is 24.6 Å². The summed E-state index contributed by atoms with van der Waals surface area (Å²) >= 11 is 0. The SMILES string of the molecule is COc1ccccc1CN1C[C@H](C(=O)O)C[C@@H](C(=O)NCc2ccccn2)C1. The van der Waals surface area contributed by atoms with Gasteiger partial charge in [0, 0.05) is 31.4 Å². The molecule has 1 aliphatic heterocycles. The van der Waals surface area contributed by atoms with Crippen molar-refractivity contribution in [3.63, 3.8) is 0 Å². The van der Waals surface area contributed by atoms with Gasteiger partial charge < -0.3 is 15.2 Å². The molecule has 1 saturated heterocycles. The topological polar surface area (TPSA) is 91.8 Å². The number of nitrogens with one attached hydrogen (secondary N) is 1. The Labute approximate surface area is 164 Å². The van der Waals surface area contributed by atoms with E-state index in [0.717, 1.165) is 17.0 Å². The standard InChI is InChI=1S/C21H25N3O4/c1-28-19-8-3-2-6-15(19)12-24-13-16(10-17(14-24)21(26)27)20(25)23-11-18-7-4-5-9-22-18/h2-9,16-17H,10-14H2,1H3,(H,23,25)(H,26,27)/t16-,17-/m1/s1. The van der Waals surface area contributed by atoms with E-state index in [-0.39, 0.29) is 11.8 Å². The Balaban J connectivity index is 1.67. The van der Waals surface area contributed by atoms with Crippen LogP contribution in [-0.4, -0.2) is 47.1 Å². The molecule has 7 heteroatoms. The fourth-order valence-electron chi connectivity index (χ4n) is 3.59. The van der Waals surface area contributed by atoms with Crippen molar-refractivity contribution in [3.05, 3.63) is 59.9 Å². The van der Waals surface area contributed by atoms with Gasteiger partial charge in [0.2, 0.25) is 5.91 Å². The summed E-state index contributed by atoms with van der Waals surface area (Å²) < 4.78 is 5.39. The summed E-state index contributed by atoms with van der Waals surface area (Å²) in [5.41, 5.74) is 1.75. The van der Waals surface area contributed by atoms with Crippen LogP contribution in [-0.2, 0) is 22.7 Å². The molecule has 0 aliphatic carbocycles. The minimum Gasteiger partial charge on any atom is -0.496 e. The van der Waals surface area contributed by atoms with E-state index in [9.17, 15) is 14.7 Å². The Kier molecular flexibility index (Phi) is 6.60. The van der Waals surface area contributed by atoms with Crippen LogP contribution in [0.3, 0.4) is 0 Å². The molecule has 28 heavy (non-hydrogen) atoms. The number of carbonyl (C=O) groups excluding carboxylic acids is 1. The zero-order chi connectivity index (χ0) is 19.9. The van der Waals surface area contributed by atoms with E-state index in [1.165, 1.54) is 0 Å². The van der Waals surface area contributed by atoms with E-state index < -0.39 is 11.9 Å². The van der Waals surface area contributed by atoms with Gasteiger partial charge in [-0.2, -0.15) is 0 Å². The predicted molar refractivity (Wildman–Crippen MR) is 104 cm³/mol. The normalized spacial score (nSPS) is 19.8. The molecule has 1 amide bonds. The van der Waals surface area contributed by atoms with Gasteiger partial charge in [0.1, 0.15) is 5.75 Å². The summed E-state index contributed by atoms with van der Waals surface area (Å²) in [5.74, 6) is -1.20. The van der Waals surface area contributed by atoms with Crippen molar-refractivity contribution >= 4 is 11.9 Å². The number of ether oxygens (including phenoxy) is 1. The Morgan fingerprint density at radius 3 is 2.64 bits per heavy atom. The highest BCUT2D eigenvalue weighted by atomic mass is 16.5. The van der Waals surface area contributed by atoms with E-state index in [2.05, 4.69) is 10.3 Å². The van der Waals surface area contributed by atoms with Gasteiger partial charge in [-0.3, -0.25) is 19.5 Å². The maximum atomic E-state index is 12.7. The van der Waals surface area contributed by atoms with Crippen LogP contribution in [0.15, 0.2) is 48.7 Å². The number of aromatic nitrogens is 1. The number of para-hydroxylation sites is 1. The molecule has 1 aromatic carbocycles. The number of carboxylic acids is 1. The minimum atomic E-state index is -0.868. The smallest absolute Gasteiger partial charge is 0.307 e. The van der Waals surface area contributed by atoms with Crippen LogP contribution in [0.5, 0.6) is 5.75 Å². The number of aliphatic carboxylic acids is 1. The molecule has 2 aromatic rings. The monoisotopic (exact) mass is 383 g/mol. The molecule has 3 rings (SSSR count). The van der Waals surface area contributed by atoms with Crippen LogP contribution in [0.4, 0.5) is 0 Å². The number of amides is 1. The molecule has 0 bridgehead atoms. The highest BCUT2D eigenvalue weighted by Crippen LogP contribution is 2.26. The number of nitrogens with zero attached hydrogens (tertiary/aromatic N) is 2. The summed E-state index contributed by atoms with van der Waals surface area (Å²) in [6.45, 7) is 1.80. The van der Waals surface area contributed by atoms with E-state index in [1.807, 2.05) is 47.4 Å². The number of rotatable bonds is 7. The molecular weight excluding hydrogens is 358 g/mol. The Morgan fingerprint density at radius 2 is 1.93 bits per heavy atom. The van der Waals surface area contributed by atoms with Gasteiger partial charge >= 0.3 is 5.97 Å². The Morgan fingerprint density at radius 1 is 1.18 bits per heavy atom. The van der Waals surface area contributed by atoms with E-state index in [4.69, 9.17) is 4.74 Å². The molecular formula is C21H25N3O4. The lowest BCUT2D eigenvalue weighted by Gasteiger charge is -2.35. The Bertz CT molecular complexity index is 812. The van der Waals surface area contributed by atoms with Crippen molar-refractivity contribution in [2.75, 3.05) is 20.2 Å². The molecule has 0 spiro atoms. The average Bonchev–Trinajstić information content (AvgIpc) is 2.73. The molecule has 7 nitrogen and oxygen atoms in total. The number of pyridine rings is 1. The van der Waals surface area contributed by atoms with E-state index >= 15 is 0 Å². The van der Waals surface area contributed by atoms with Crippen LogP contribution >= 0.6 is 0 Å². The van der Waals surface area contributed by atoms with E-state index in [0.29, 0.717) is 32.6 Å².